The second-order valence-electron chi connectivity index (χ2n) is 5.00. The molecule has 1 amide bonds. The Hall–Kier alpha value is -1.81. The maximum absolute atomic E-state index is 12.8. The van der Waals surface area contributed by atoms with Crippen molar-refractivity contribution < 1.29 is 9.18 Å². The molecule has 0 saturated carbocycles. The van der Waals surface area contributed by atoms with Crippen molar-refractivity contribution in [3.05, 3.63) is 59.4 Å². The first kappa shape index (κ1) is 15.6. The Labute approximate surface area is 128 Å². The van der Waals surface area contributed by atoms with Crippen LogP contribution >= 0.6 is 11.8 Å². The van der Waals surface area contributed by atoms with Crippen molar-refractivity contribution in [2.75, 3.05) is 5.32 Å². The van der Waals surface area contributed by atoms with Gasteiger partial charge in [0.15, 0.2) is 0 Å². The van der Waals surface area contributed by atoms with Crippen molar-refractivity contribution in [2.24, 2.45) is 0 Å². The third-order valence-corrected chi connectivity index (χ3v) is 4.37. The molecule has 110 valence electrons. The van der Waals surface area contributed by atoms with Gasteiger partial charge in [-0.05, 0) is 68.3 Å². The first-order valence-corrected chi connectivity index (χ1v) is 7.64. The highest BCUT2D eigenvalue weighted by Gasteiger charge is 2.14. The lowest BCUT2D eigenvalue weighted by atomic mass is 10.1. The number of nitrogens with one attached hydrogen (secondary N) is 1. The van der Waals surface area contributed by atoms with E-state index in [2.05, 4.69) is 31.3 Å². The van der Waals surface area contributed by atoms with Gasteiger partial charge in [0.25, 0.3) is 0 Å². The summed E-state index contributed by atoms with van der Waals surface area (Å²) in [5.41, 5.74) is 3.06. The summed E-state index contributed by atoms with van der Waals surface area (Å²) in [5.74, 6) is -0.407. The predicted octanol–water partition coefficient (Wildman–Crippen LogP) is 4.56. The molecule has 4 heteroatoms. The standard InChI is InChI=1S/C17H18FNOS/c1-11-4-9-16(10-12(11)2)21-13(3)17(20)19-15-7-5-14(18)6-8-15/h4-10,13H,1-3H3,(H,19,20)/t13-/m1/s1. The summed E-state index contributed by atoms with van der Waals surface area (Å²) in [4.78, 5) is 13.2. The Bertz CT molecular complexity index is 640. The number of amides is 1. The smallest absolute Gasteiger partial charge is 0.237 e. The van der Waals surface area contributed by atoms with E-state index in [9.17, 15) is 9.18 Å². The van der Waals surface area contributed by atoms with Crippen LogP contribution < -0.4 is 5.32 Å². The summed E-state index contributed by atoms with van der Waals surface area (Å²) in [7, 11) is 0. The molecule has 0 unspecified atom stereocenters. The van der Waals surface area contributed by atoms with Gasteiger partial charge in [0.1, 0.15) is 5.82 Å². The molecule has 2 aromatic carbocycles. The van der Waals surface area contributed by atoms with Gasteiger partial charge < -0.3 is 5.32 Å². The fourth-order valence-electron chi connectivity index (χ4n) is 1.82. The number of aryl methyl sites for hydroxylation is 2. The summed E-state index contributed by atoms with van der Waals surface area (Å²) in [5, 5.41) is 2.56. The van der Waals surface area contributed by atoms with Crippen LogP contribution in [0.4, 0.5) is 10.1 Å². The molecule has 0 aromatic heterocycles. The highest BCUT2D eigenvalue weighted by atomic mass is 32.2. The van der Waals surface area contributed by atoms with Crippen LogP contribution in [-0.2, 0) is 4.79 Å². The van der Waals surface area contributed by atoms with Gasteiger partial charge in [0, 0.05) is 10.6 Å². The van der Waals surface area contributed by atoms with Gasteiger partial charge in [-0.1, -0.05) is 6.07 Å². The lowest BCUT2D eigenvalue weighted by Gasteiger charge is -2.13. The minimum atomic E-state index is -0.314. The quantitative estimate of drug-likeness (QED) is 0.839. The predicted molar refractivity (Wildman–Crippen MR) is 86.3 cm³/mol. The van der Waals surface area contributed by atoms with E-state index < -0.39 is 0 Å². The molecule has 0 radical (unpaired) electrons. The molecule has 2 aromatic rings. The fraction of sp³-hybridized carbons (Fsp3) is 0.235. The molecule has 2 rings (SSSR count). The monoisotopic (exact) mass is 303 g/mol. The average Bonchev–Trinajstić information content (AvgIpc) is 2.45. The molecule has 0 aliphatic rings. The SMILES string of the molecule is Cc1ccc(S[C@H](C)C(=O)Nc2ccc(F)cc2)cc1C. The van der Waals surface area contributed by atoms with E-state index in [-0.39, 0.29) is 17.0 Å². The van der Waals surface area contributed by atoms with E-state index in [0.717, 1.165) is 4.90 Å². The third kappa shape index (κ3) is 4.33. The summed E-state index contributed by atoms with van der Waals surface area (Å²) < 4.78 is 12.8. The van der Waals surface area contributed by atoms with E-state index in [1.807, 2.05) is 13.0 Å². The molecule has 0 bridgehead atoms. The Morgan fingerprint density at radius 1 is 1.10 bits per heavy atom. The van der Waals surface area contributed by atoms with Gasteiger partial charge in [-0.3, -0.25) is 4.79 Å². The molecule has 0 saturated heterocycles. The van der Waals surface area contributed by atoms with Gasteiger partial charge in [-0.2, -0.15) is 0 Å². The first-order valence-electron chi connectivity index (χ1n) is 6.76. The van der Waals surface area contributed by atoms with Crippen molar-refractivity contribution in [3.63, 3.8) is 0 Å². The van der Waals surface area contributed by atoms with E-state index in [4.69, 9.17) is 0 Å². The minimum absolute atomic E-state index is 0.0927. The second kappa shape index (κ2) is 6.76. The van der Waals surface area contributed by atoms with Crippen molar-refractivity contribution in [3.8, 4) is 0 Å². The molecule has 0 aliphatic carbocycles. The summed E-state index contributed by atoms with van der Waals surface area (Å²) in [6, 6.07) is 11.9. The molecular formula is C17H18FNOS. The Morgan fingerprint density at radius 2 is 1.76 bits per heavy atom. The van der Waals surface area contributed by atoms with Crippen molar-refractivity contribution in [2.45, 2.75) is 30.9 Å². The molecule has 0 heterocycles. The molecule has 0 spiro atoms. The Kier molecular flexibility index (Phi) is 5.02. The largest absolute Gasteiger partial charge is 0.325 e. The van der Waals surface area contributed by atoms with E-state index >= 15 is 0 Å². The van der Waals surface area contributed by atoms with Gasteiger partial charge in [0.05, 0.1) is 5.25 Å². The summed E-state index contributed by atoms with van der Waals surface area (Å²) in [6.07, 6.45) is 0. The van der Waals surface area contributed by atoms with Crippen molar-refractivity contribution >= 4 is 23.4 Å². The summed E-state index contributed by atoms with van der Waals surface area (Å²) >= 11 is 1.51. The van der Waals surface area contributed by atoms with E-state index in [1.165, 1.54) is 35.0 Å². The van der Waals surface area contributed by atoms with Gasteiger partial charge in [0.2, 0.25) is 5.91 Å². The summed E-state index contributed by atoms with van der Waals surface area (Å²) in [6.45, 7) is 5.98. The highest BCUT2D eigenvalue weighted by molar-refractivity contribution is 8.00. The second-order valence-corrected chi connectivity index (χ2v) is 6.42. The van der Waals surface area contributed by atoms with Gasteiger partial charge in [-0.25, -0.2) is 4.39 Å². The molecule has 0 fully saturated rings. The number of halogens is 1. The zero-order chi connectivity index (χ0) is 15.4. The van der Waals surface area contributed by atoms with E-state index in [1.54, 1.807) is 12.1 Å². The molecule has 1 N–H and O–H groups in total. The molecule has 1 atom stereocenters. The van der Waals surface area contributed by atoms with E-state index in [0.29, 0.717) is 5.69 Å². The maximum atomic E-state index is 12.8. The molecule has 2 nitrogen and oxygen atoms in total. The van der Waals surface area contributed by atoms with Crippen LogP contribution in [0.5, 0.6) is 0 Å². The number of benzene rings is 2. The lowest BCUT2D eigenvalue weighted by Crippen LogP contribution is -2.22. The molecule has 0 aliphatic heterocycles. The van der Waals surface area contributed by atoms with Gasteiger partial charge in [-0.15, -0.1) is 11.8 Å². The number of hydrogen-bond acceptors (Lipinski definition) is 2. The minimum Gasteiger partial charge on any atom is -0.325 e. The lowest BCUT2D eigenvalue weighted by molar-refractivity contribution is -0.115. The zero-order valence-electron chi connectivity index (χ0n) is 12.3. The van der Waals surface area contributed by atoms with Crippen molar-refractivity contribution in [1.29, 1.82) is 0 Å². The van der Waals surface area contributed by atoms with Crippen LogP contribution in [0.15, 0.2) is 47.4 Å². The highest BCUT2D eigenvalue weighted by Crippen LogP contribution is 2.26. The third-order valence-electron chi connectivity index (χ3n) is 3.27. The number of carbonyl (C=O) groups is 1. The Morgan fingerprint density at radius 3 is 2.38 bits per heavy atom. The van der Waals surface area contributed by atoms with Crippen LogP contribution in [0.25, 0.3) is 0 Å². The van der Waals surface area contributed by atoms with Crippen LogP contribution in [0.2, 0.25) is 0 Å². The fourth-order valence-corrected chi connectivity index (χ4v) is 2.79. The number of thioether (sulfide) groups is 1. The van der Waals surface area contributed by atoms with Gasteiger partial charge >= 0.3 is 0 Å². The Balaban J connectivity index is 1.98. The topological polar surface area (TPSA) is 29.1 Å². The van der Waals surface area contributed by atoms with Crippen LogP contribution in [0, 0.1) is 19.7 Å². The number of anilines is 1. The average molecular weight is 303 g/mol. The molecular weight excluding hydrogens is 285 g/mol. The number of carbonyl (C=O) groups excluding carboxylic acids is 1. The normalized spacial score (nSPS) is 12.0. The van der Waals surface area contributed by atoms with Crippen LogP contribution in [0.3, 0.4) is 0 Å². The zero-order valence-corrected chi connectivity index (χ0v) is 13.1. The number of hydrogen-bond donors (Lipinski definition) is 1. The number of rotatable bonds is 4. The van der Waals surface area contributed by atoms with Crippen LogP contribution in [0.1, 0.15) is 18.1 Å². The molecule has 21 heavy (non-hydrogen) atoms. The van der Waals surface area contributed by atoms with Crippen molar-refractivity contribution in [1.82, 2.24) is 0 Å². The first-order chi connectivity index (χ1) is 9.95. The maximum Gasteiger partial charge on any atom is 0.237 e. The van der Waals surface area contributed by atoms with Crippen LogP contribution in [-0.4, -0.2) is 11.2 Å².